The molecule has 2 nitrogen and oxygen atoms in total. The summed E-state index contributed by atoms with van der Waals surface area (Å²) in [5.74, 6) is 0. The summed E-state index contributed by atoms with van der Waals surface area (Å²) < 4.78 is 1.04. The molecule has 0 aliphatic rings. The topological polar surface area (TPSA) is 38.9 Å². The van der Waals surface area contributed by atoms with Gasteiger partial charge < -0.3 is 5.73 Å². The van der Waals surface area contributed by atoms with Crippen LogP contribution in [0.2, 0.25) is 0 Å². The Hall–Kier alpha value is -0.0600. The van der Waals surface area contributed by atoms with Crippen molar-refractivity contribution in [3.8, 4) is 0 Å². The van der Waals surface area contributed by atoms with Crippen LogP contribution in [0.4, 0.5) is 0 Å². The largest absolute Gasteiger partial charge is 0.327 e. The van der Waals surface area contributed by atoms with Gasteiger partial charge in [-0.25, -0.2) is 4.98 Å². The molecule has 0 aliphatic carbocycles. The third-order valence-corrected chi connectivity index (χ3v) is 4.27. The van der Waals surface area contributed by atoms with Gasteiger partial charge in [0.2, 0.25) is 0 Å². The van der Waals surface area contributed by atoms with E-state index in [4.69, 9.17) is 5.73 Å². The van der Waals surface area contributed by atoms with E-state index in [0.29, 0.717) is 5.25 Å². The minimum Gasteiger partial charge on any atom is -0.327 e. The number of aromatic nitrogens is 1. The highest BCUT2D eigenvalue weighted by molar-refractivity contribution is 9.10. The van der Waals surface area contributed by atoms with Gasteiger partial charge in [-0.05, 0) is 34.5 Å². The van der Waals surface area contributed by atoms with Gasteiger partial charge in [0.25, 0.3) is 0 Å². The number of thioether (sulfide) groups is 1. The maximum Gasteiger partial charge on any atom is 0.110 e. The lowest BCUT2D eigenvalue weighted by molar-refractivity contribution is 0.641. The number of nitrogens with two attached hydrogens (primary N) is 1. The molecule has 0 saturated heterocycles. The Kier molecular flexibility index (Phi) is 4.92. The molecule has 1 aromatic heterocycles. The summed E-state index contributed by atoms with van der Waals surface area (Å²) in [7, 11) is 0. The van der Waals surface area contributed by atoms with E-state index in [1.165, 1.54) is 0 Å². The molecule has 0 fully saturated rings. The highest BCUT2D eigenvalue weighted by atomic mass is 79.9. The highest BCUT2D eigenvalue weighted by Crippen LogP contribution is 2.29. The second kappa shape index (κ2) is 5.73. The monoisotopic (exact) mass is 274 g/mol. The molecule has 2 unspecified atom stereocenters. The summed E-state index contributed by atoms with van der Waals surface area (Å²) in [6.07, 6.45) is 2.80. The zero-order valence-electron chi connectivity index (χ0n) is 8.40. The van der Waals surface area contributed by atoms with E-state index in [1.807, 2.05) is 12.1 Å². The third kappa shape index (κ3) is 3.26. The molecule has 78 valence electrons. The van der Waals surface area contributed by atoms with Crippen molar-refractivity contribution in [3.63, 3.8) is 0 Å². The summed E-state index contributed by atoms with van der Waals surface area (Å²) in [4.78, 5) is 4.30. The Bertz CT molecular complexity index is 293. The van der Waals surface area contributed by atoms with Gasteiger partial charge in [-0.1, -0.05) is 13.8 Å². The molecule has 0 aliphatic heterocycles. The van der Waals surface area contributed by atoms with Gasteiger partial charge in [-0.15, -0.1) is 11.8 Å². The fraction of sp³-hybridized carbons (Fsp3) is 0.500. The van der Waals surface area contributed by atoms with Crippen LogP contribution in [0.1, 0.15) is 20.3 Å². The normalized spacial score (nSPS) is 15.1. The molecule has 1 aromatic rings. The first kappa shape index (κ1) is 12.0. The molecular weight excluding hydrogens is 260 g/mol. The van der Waals surface area contributed by atoms with Crippen molar-refractivity contribution in [2.24, 2.45) is 5.73 Å². The quantitative estimate of drug-likeness (QED) is 0.858. The first-order valence-electron chi connectivity index (χ1n) is 4.68. The van der Waals surface area contributed by atoms with Crippen molar-refractivity contribution in [2.45, 2.75) is 36.6 Å². The van der Waals surface area contributed by atoms with Gasteiger partial charge in [0, 0.05) is 22.0 Å². The molecule has 4 heteroatoms. The molecular formula is C10H15BrN2S. The van der Waals surface area contributed by atoms with Crippen molar-refractivity contribution < 1.29 is 0 Å². The lowest BCUT2D eigenvalue weighted by Crippen LogP contribution is -2.29. The predicted molar refractivity (Wildman–Crippen MR) is 65.5 cm³/mol. The van der Waals surface area contributed by atoms with Crippen LogP contribution in [0, 0.1) is 0 Å². The smallest absolute Gasteiger partial charge is 0.110 e. The molecule has 2 N–H and O–H groups in total. The van der Waals surface area contributed by atoms with E-state index in [-0.39, 0.29) is 6.04 Å². The van der Waals surface area contributed by atoms with Crippen LogP contribution in [0.5, 0.6) is 0 Å². The summed E-state index contributed by atoms with van der Waals surface area (Å²) in [6, 6.07) is 4.15. The van der Waals surface area contributed by atoms with Gasteiger partial charge >= 0.3 is 0 Å². The zero-order chi connectivity index (χ0) is 10.6. The highest BCUT2D eigenvalue weighted by Gasteiger charge is 2.13. The molecule has 0 amide bonds. The molecule has 2 atom stereocenters. The molecule has 0 aromatic carbocycles. The summed E-state index contributed by atoms with van der Waals surface area (Å²) in [5, 5.41) is 1.41. The average molecular weight is 275 g/mol. The summed E-state index contributed by atoms with van der Waals surface area (Å²) in [5.41, 5.74) is 5.95. The number of hydrogen-bond acceptors (Lipinski definition) is 3. The fourth-order valence-electron chi connectivity index (χ4n) is 1.05. The van der Waals surface area contributed by atoms with E-state index >= 15 is 0 Å². The molecule has 0 spiro atoms. The van der Waals surface area contributed by atoms with Crippen LogP contribution < -0.4 is 5.73 Å². The third-order valence-electron chi connectivity index (χ3n) is 2.10. The van der Waals surface area contributed by atoms with E-state index < -0.39 is 0 Å². The number of halogens is 1. The number of hydrogen-bond donors (Lipinski definition) is 1. The molecule has 0 bridgehead atoms. The van der Waals surface area contributed by atoms with Crippen LogP contribution in [0.25, 0.3) is 0 Å². The van der Waals surface area contributed by atoms with Crippen molar-refractivity contribution >= 4 is 27.7 Å². The first-order chi connectivity index (χ1) is 6.65. The van der Waals surface area contributed by atoms with Crippen LogP contribution in [-0.2, 0) is 0 Å². The van der Waals surface area contributed by atoms with Gasteiger partial charge in [0.1, 0.15) is 5.03 Å². The predicted octanol–water partition coefficient (Wildman–Crippen LogP) is 3.06. The maximum atomic E-state index is 5.95. The lowest BCUT2D eigenvalue weighted by Gasteiger charge is -2.17. The van der Waals surface area contributed by atoms with Crippen molar-refractivity contribution in [1.82, 2.24) is 4.98 Å². The maximum absolute atomic E-state index is 5.95. The van der Waals surface area contributed by atoms with E-state index in [0.717, 1.165) is 15.9 Å². The zero-order valence-corrected chi connectivity index (χ0v) is 10.8. The van der Waals surface area contributed by atoms with Crippen LogP contribution in [-0.4, -0.2) is 16.3 Å². The molecule has 14 heavy (non-hydrogen) atoms. The van der Waals surface area contributed by atoms with Gasteiger partial charge in [-0.3, -0.25) is 0 Å². The standard InChI is InChI=1S/C10H15BrN2S/c1-3-9(12)7(2)14-10-8(11)5-4-6-13-10/h4-7,9H,3,12H2,1-2H3. The molecule has 0 saturated carbocycles. The fourth-order valence-corrected chi connectivity index (χ4v) is 2.61. The van der Waals surface area contributed by atoms with Crippen LogP contribution >= 0.6 is 27.7 Å². The van der Waals surface area contributed by atoms with E-state index in [9.17, 15) is 0 Å². The van der Waals surface area contributed by atoms with Crippen molar-refractivity contribution in [3.05, 3.63) is 22.8 Å². The second-order valence-electron chi connectivity index (χ2n) is 3.19. The minimum atomic E-state index is 0.230. The lowest BCUT2D eigenvalue weighted by atomic mass is 10.2. The van der Waals surface area contributed by atoms with Crippen molar-refractivity contribution in [2.75, 3.05) is 0 Å². The summed E-state index contributed by atoms with van der Waals surface area (Å²) in [6.45, 7) is 4.25. The van der Waals surface area contributed by atoms with Crippen molar-refractivity contribution in [1.29, 1.82) is 0 Å². The Morgan fingerprint density at radius 3 is 2.93 bits per heavy atom. The Morgan fingerprint density at radius 2 is 2.36 bits per heavy atom. The average Bonchev–Trinajstić information content (AvgIpc) is 2.20. The van der Waals surface area contributed by atoms with Gasteiger partial charge in [0.15, 0.2) is 0 Å². The van der Waals surface area contributed by atoms with Gasteiger partial charge in [-0.2, -0.15) is 0 Å². The number of pyridine rings is 1. The molecule has 1 heterocycles. The van der Waals surface area contributed by atoms with Crippen LogP contribution in [0.15, 0.2) is 27.8 Å². The van der Waals surface area contributed by atoms with Gasteiger partial charge in [0.05, 0.1) is 0 Å². The number of rotatable bonds is 4. The van der Waals surface area contributed by atoms with Crippen LogP contribution in [0.3, 0.4) is 0 Å². The summed E-state index contributed by atoms with van der Waals surface area (Å²) >= 11 is 5.19. The van der Waals surface area contributed by atoms with E-state index in [2.05, 4.69) is 34.8 Å². The Labute approximate surface area is 97.8 Å². The minimum absolute atomic E-state index is 0.230. The number of nitrogens with zero attached hydrogens (tertiary/aromatic N) is 1. The first-order valence-corrected chi connectivity index (χ1v) is 6.35. The molecule has 1 rings (SSSR count). The second-order valence-corrected chi connectivity index (χ2v) is 5.41. The Balaban J connectivity index is 2.64. The SMILES string of the molecule is CCC(N)C(C)Sc1ncccc1Br. The van der Waals surface area contributed by atoms with E-state index in [1.54, 1.807) is 18.0 Å². The molecule has 0 radical (unpaired) electrons. The Morgan fingerprint density at radius 1 is 1.64 bits per heavy atom.